The van der Waals surface area contributed by atoms with Gasteiger partial charge in [-0.2, -0.15) is 0 Å². The van der Waals surface area contributed by atoms with Gasteiger partial charge in [0.1, 0.15) is 0 Å². The van der Waals surface area contributed by atoms with Gasteiger partial charge in [0, 0.05) is 40.8 Å². The molecule has 0 radical (unpaired) electrons. The summed E-state index contributed by atoms with van der Waals surface area (Å²) in [6, 6.07) is 13.4. The molecule has 7 heteroatoms. The molecule has 1 aliphatic rings. The first kappa shape index (κ1) is 18.9. The Bertz CT molecular complexity index is 848. The Morgan fingerprint density at radius 3 is 2.15 bits per heavy atom. The molecule has 3 N–H and O–H groups in total. The van der Waals surface area contributed by atoms with E-state index in [1.807, 2.05) is 0 Å². The van der Waals surface area contributed by atoms with Crippen LogP contribution in [0.2, 0.25) is 5.02 Å². The average Bonchev–Trinajstić information content (AvgIpc) is 3.51. The molecule has 0 spiro atoms. The molecule has 6 nitrogen and oxygen atoms in total. The highest BCUT2D eigenvalue weighted by atomic mass is 35.5. The summed E-state index contributed by atoms with van der Waals surface area (Å²) in [6.45, 7) is 0.585. The minimum absolute atomic E-state index is 0.00234. The molecule has 0 unspecified atom stereocenters. The van der Waals surface area contributed by atoms with Crippen LogP contribution in [0, 0.1) is 5.92 Å². The second-order valence-electron chi connectivity index (χ2n) is 6.36. The van der Waals surface area contributed by atoms with Crippen LogP contribution >= 0.6 is 11.6 Å². The summed E-state index contributed by atoms with van der Waals surface area (Å²) in [6.07, 6.45) is 1.85. The molecule has 0 bridgehead atoms. The number of hydrogen-bond donors (Lipinski definition) is 3. The van der Waals surface area contributed by atoms with Crippen molar-refractivity contribution in [2.24, 2.45) is 5.92 Å². The molecule has 3 rings (SSSR count). The van der Waals surface area contributed by atoms with E-state index in [0.717, 1.165) is 12.8 Å². The highest BCUT2D eigenvalue weighted by Crippen LogP contribution is 2.30. The third-order valence-corrected chi connectivity index (χ3v) is 4.39. The highest BCUT2D eigenvalue weighted by molar-refractivity contribution is 6.30. The van der Waals surface area contributed by atoms with Gasteiger partial charge in [-0.25, -0.2) is 0 Å². The largest absolute Gasteiger partial charge is 0.350 e. The fraction of sp³-hybridized carbons (Fsp3) is 0.250. The summed E-state index contributed by atoms with van der Waals surface area (Å²) in [4.78, 5) is 36.0. The first-order valence-corrected chi connectivity index (χ1v) is 9.13. The van der Waals surface area contributed by atoms with E-state index in [-0.39, 0.29) is 30.2 Å². The van der Waals surface area contributed by atoms with Crippen LogP contribution in [0.25, 0.3) is 0 Å². The number of carbonyl (C=O) groups is 3. The Labute approximate surface area is 162 Å². The molecule has 2 aromatic carbocycles. The van der Waals surface area contributed by atoms with Crippen molar-refractivity contribution >= 4 is 35.0 Å². The minimum atomic E-state index is -0.265. The predicted molar refractivity (Wildman–Crippen MR) is 104 cm³/mol. The predicted octanol–water partition coefficient (Wildman–Crippen LogP) is 2.85. The molecule has 1 aliphatic carbocycles. The Hall–Kier alpha value is -2.86. The van der Waals surface area contributed by atoms with Crippen molar-refractivity contribution in [3.63, 3.8) is 0 Å². The number of rotatable bonds is 7. The molecular weight excluding hydrogens is 366 g/mol. The monoisotopic (exact) mass is 385 g/mol. The summed E-state index contributed by atoms with van der Waals surface area (Å²) in [5, 5.41) is 8.85. The van der Waals surface area contributed by atoms with Gasteiger partial charge >= 0.3 is 0 Å². The van der Waals surface area contributed by atoms with Crippen LogP contribution < -0.4 is 16.0 Å². The van der Waals surface area contributed by atoms with E-state index in [4.69, 9.17) is 11.6 Å². The van der Waals surface area contributed by atoms with Gasteiger partial charge in [-0.1, -0.05) is 17.7 Å². The molecule has 27 heavy (non-hydrogen) atoms. The fourth-order valence-electron chi connectivity index (χ4n) is 2.49. The number of nitrogens with one attached hydrogen (secondary N) is 3. The van der Waals surface area contributed by atoms with Crippen molar-refractivity contribution in [2.75, 3.05) is 18.4 Å². The molecule has 140 valence electrons. The summed E-state index contributed by atoms with van der Waals surface area (Å²) in [5.41, 5.74) is 1.56. The van der Waals surface area contributed by atoms with Crippen molar-refractivity contribution in [3.8, 4) is 0 Å². The van der Waals surface area contributed by atoms with Crippen LogP contribution in [0.4, 0.5) is 5.69 Å². The lowest BCUT2D eigenvalue weighted by atomic mass is 10.2. The van der Waals surface area contributed by atoms with Crippen molar-refractivity contribution in [1.82, 2.24) is 10.6 Å². The molecule has 0 atom stereocenters. The summed E-state index contributed by atoms with van der Waals surface area (Å²) >= 11 is 5.79. The van der Waals surface area contributed by atoms with Gasteiger partial charge in [-0.15, -0.1) is 0 Å². The Morgan fingerprint density at radius 2 is 1.52 bits per heavy atom. The Kier molecular flexibility index (Phi) is 6.08. The molecule has 1 saturated carbocycles. The lowest BCUT2D eigenvalue weighted by Gasteiger charge is -2.09. The number of benzene rings is 2. The number of hydrogen-bond acceptors (Lipinski definition) is 3. The van der Waals surface area contributed by atoms with E-state index in [1.165, 1.54) is 0 Å². The van der Waals surface area contributed by atoms with E-state index >= 15 is 0 Å². The lowest BCUT2D eigenvalue weighted by molar-refractivity contribution is -0.117. The normalized spacial score (nSPS) is 12.9. The second-order valence-corrected chi connectivity index (χ2v) is 6.80. The molecule has 0 saturated heterocycles. The second kappa shape index (κ2) is 8.68. The van der Waals surface area contributed by atoms with Crippen molar-refractivity contribution in [3.05, 3.63) is 64.7 Å². The zero-order chi connectivity index (χ0) is 19.2. The van der Waals surface area contributed by atoms with Crippen LogP contribution in [0.1, 0.15) is 33.6 Å². The van der Waals surface area contributed by atoms with Crippen LogP contribution in [0.5, 0.6) is 0 Å². The van der Waals surface area contributed by atoms with Gasteiger partial charge in [-0.3, -0.25) is 14.4 Å². The molecule has 0 aromatic heterocycles. The third-order valence-electron chi connectivity index (χ3n) is 4.14. The van der Waals surface area contributed by atoms with Gasteiger partial charge in [-0.05, 0) is 55.3 Å². The van der Waals surface area contributed by atoms with E-state index in [9.17, 15) is 14.4 Å². The van der Waals surface area contributed by atoms with Gasteiger partial charge in [0.25, 0.3) is 11.8 Å². The summed E-state index contributed by atoms with van der Waals surface area (Å²) in [5.74, 6) is -0.395. The van der Waals surface area contributed by atoms with Crippen molar-refractivity contribution < 1.29 is 14.4 Å². The van der Waals surface area contributed by atoms with Crippen molar-refractivity contribution in [1.29, 1.82) is 0 Å². The average molecular weight is 386 g/mol. The zero-order valence-corrected chi connectivity index (χ0v) is 15.4. The molecule has 0 heterocycles. The van der Waals surface area contributed by atoms with E-state index < -0.39 is 0 Å². The fourth-order valence-corrected chi connectivity index (χ4v) is 2.61. The van der Waals surface area contributed by atoms with Crippen molar-refractivity contribution in [2.45, 2.75) is 12.8 Å². The van der Waals surface area contributed by atoms with Gasteiger partial charge in [0.2, 0.25) is 5.91 Å². The lowest BCUT2D eigenvalue weighted by Crippen LogP contribution is -2.34. The van der Waals surface area contributed by atoms with E-state index in [0.29, 0.717) is 28.4 Å². The maximum atomic E-state index is 12.2. The quantitative estimate of drug-likeness (QED) is 0.640. The zero-order valence-electron chi connectivity index (χ0n) is 14.6. The number of carbonyl (C=O) groups excluding carboxylic acids is 3. The van der Waals surface area contributed by atoms with Gasteiger partial charge < -0.3 is 16.0 Å². The molecule has 3 amide bonds. The maximum Gasteiger partial charge on any atom is 0.251 e. The van der Waals surface area contributed by atoms with Crippen LogP contribution in [0.15, 0.2) is 48.5 Å². The Balaban J connectivity index is 1.44. The third kappa shape index (κ3) is 5.56. The molecule has 2 aromatic rings. The number of halogens is 1. The first-order chi connectivity index (χ1) is 13.0. The summed E-state index contributed by atoms with van der Waals surface area (Å²) in [7, 11) is 0. The van der Waals surface area contributed by atoms with E-state index in [1.54, 1.807) is 48.5 Å². The highest BCUT2D eigenvalue weighted by Gasteiger charge is 2.29. The SMILES string of the molecule is O=C(NCCNC(=O)c1cccc(NC(=O)C2CC2)c1)c1ccc(Cl)cc1. The van der Waals surface area contributed by atoms with Crippen LogP contribution in [-0.4, -0.2) is 30.8 Å². The topological polar surface area (TPSA) is 87.3 Å². The van der Waals surface area contributed by atoms with E-state index in [2.05, 4.69) is 16.0 Å². The molecule has 0 aliphatic heterocycles. The first-order valence-electron chi connectivity index (χ1n) is 8.76. The number of amides is 3. The molecule has 1 fully saturated rings. The van der Waals surface area contributed by atoms with Gasteiger partial charge in [0.15, 0.2) is 0 Å². The van der Waals surface area contributed by atoms with Crippen LogP contribution in [-0.2, 0) is 4.79 Å². The maximum absolute atomic E-state index is 12.2. The van der Waals surface area contributed by atoms with Gasteiger partial charge in [0.05, 0.1) is 0 Å². The molecular formula is C20H20ClN3O3. The minimum Gasteiger partial charge on any atom is -0.350 e. The Morgan fingerprint density at radius 1 is 0.889 bits per heavy atom. The standard InChI is InChI=1S/C20H20ClN3O3/c21-16-8-6-13(7-9-16)18(25)22-10-11-23-19(26)15-2-1-3-17(12-15)24-20(27)14-4-5-14/h1-3,6-9,12,14H,4-5,10-11H2,(H,22,25)(H,23,26)(H,24,27). The van der Waals surface area contributed by atoms with Crippen LogP contribution in [0.3, 0.4) is 0 Å². The smallest absolute Gasteiger partial charge is 0.251 e. The number of anilines is 1. The summed E-state index contributed by atoms with van der Waals surface area (Å²) < 4.78 is 0.